The zero-order chi connectivity index (χ0) is 5.21. The molecule has 1 radical (unpaired) electrons. The third-order valence-electron chi connectivity index (χ3n) is 0.115. The third-order valence-corrected chi connectivity index (χ3v) is 0.346. The molecule has 0 aliphatic rings. The fraction of sp³-hybridized carbons (Fsp3) is 0. The topological polar surface area (TPSA) is 78.2 Å². The molecule has 4 nitrogen and oxygen atoms in total. The Balaban J connectivity index is 0. The average molecular weight is 215 g/mol. The number of thiocyanates is 1. The maximum Gasteiger partial charge on any atom is 0.360 e. The summed E-state index contributed by atoms with van der Waals surface area (Å²) >= 11 is 0. The van der Waals surface area contributed by atoms with E-state index in [-0.39, 0.29) is 22.4 Å². The second kappa shape index (κ2) is 3.18. The molecule has 0 aromatic rings. The molecular weight excluding hydrogens is 214 g/mol. The van der Waals surface area contributed by atoms with E-state index in [4.69, 9.17) is 9.81 Å². The van der Waals surface area contributed by atoms with E-state index in [1.165, 1.54) is 0 Å². The van der Waals surface area contributed by atoms with Crippen molar-refractivity contribution in [3.8, 4) is 5.40 Å². The SMILES string of the molecule is N#CS(=O)(=O)O.[Ag]. The summed E-state index contributed by atoms with van der Waals surface area (Å²) < 4.78 is 25.8. The van der Waals surface area contributed by atoms with E-state index in [2.05, 4.69) is 0 Å². The molecule has 0 bridgehead atoms. The van der Waals surface area contributed by atoms with Crippen molar-refractivity contribution in [2.75, 3.05) is 0 Å². The molecule has 0 unspecified atom stereocenters. The fourth-order valence-corrected chi connectivity index (χ4v) is 0. The first-order valence-electron chi connectivity index (χ1n) is 0.944. The van der Waals surface area contributed by atoms with Gasteiger partial charge in [0.05, 0.1) is 0 Å². The van der Waals surface area contributed by atoms with Crippen molar-refractivity contribution < 1.29 is 35.4 Å². The van der Waals surface area contributed by atoms with E-state index in [1.54, 1.807) is 0 Å². The summed E-state index contributed by atoms with van der Waals surface area (Å²) in [5.74, 6) is 0. The van der Waals surface area contributed by atoms with Crippen LogP contribution < -0.4 is 0 Å². The number of rotatable bonds is 0. The molecule has 0 heterocycles. The van der Waals surface area contributed by atoms with Crippen LogP contribution in [0.4, 0.5) is 0 Å². The molecule has 1 N–H and O–H groups in total. The van der Waals surface area contributed by atoms with Crippen LogP contribution in [0.3, 0.4) is 0 Å². The standard InChI is InChI=1S/CHNO3S.Ag/c2-1-6(3,4)5;/h(H,3,4,5);. The maximum absolute atomic E-state index is 9.19. The monoisotopic (exact) mass is 214 g/mol. The zero-order valence-corrected chi connectivity index (χ0v) is 5.22. The van der Waals surface area contributed by atoms with Crippen LogP contribution in [0.25, 0.3) is 0 Å². The Morgan fingerprint density at radius 3 is 1.71 bits per heavy atom. The summed E-state index contributed by atoms with van der Waals surface area (Å²) in [6.07, 6.45) is 0. The predicted octanol–water partition coefficient (Wildman–Crippen LogP) is -0.647. The summed E-state index contributed by atoms with van der Waals surface area (Å²) in [5, 5.41) is 7.95. The smallest absolute Gasteiger partial charge is 0.274 e. The van der Waals surface area contributed by atoms with Crippen molar-refractivity contribution in [2.24, 2.45) is 0 Å². The first kappa shape index (κ1) is 10.2. The van der Waals surface area contributed by atoms with Gasteiger partial charge in [-0.15, -0.1) is 0 Å². The molecule has 0 aliphatic carbocycles. The van der Waals surface area contributed by atoms with Gasteiger partial charge >= 0.3 is 10.1 Å². The maximum atomic E-state index is 9.19. The molecule has 6 heteroatoms. The van der Waals surface area contributed by atoms with Crippen molar-refractivity contribution in [3.63, 3.8) is 0 Å². The molecule has 0 saturated carbocycles. The van der Waals surface area contributed by atoms with Crippen molar-refractivity contribution in [2.45, 2.75) is 0 Å². The van der Waals surface area contributed by atoms with Gasteiger partial charge in [-0.25, -0.2) is 0 Å². The van der Waals surface area contributed by atoms with Crippen LogP contribution in [0, 0.1) is 10.7 Å². The second-order valence-corrected chi connectivity index (χ2v) is 1.70. The predicted molar refractivity (Wildman–Crippen MR) is 17.2 cm³/mol. The first-order valence-corrected chi connectivity index (χ1v) is 2.38. The minimum Gasteiger partial charge on any atom is -0.274 e. The summed E-state index contributed by atoms with van der Waals surface area (Å²) in [7, 11) is -4.36. The quantitative estimate of drug-likeness (QED) is 0.252. The van der Waals surface area contributed by atoms with Gasteiger partial charge in [-0.1, -0.05) is 0 Å². The molecule has 0 saturated heterocycles. The normalized spacial score (nSPS) is 8.57. The molecule has 7 heavy (non-hydrogen) atoms. The molecule has 45 valence electrons. The van der Waals surface area contributed by atoms with Crippen LogP contribution in [0.1, 0.15) is 0 Å². The Hall–Kier alpha value is 0.140. The number of hydrogen-bond donors (Lipinski definition) is 1. The Bertz CT molecular complexity index is 164. The molecule has 0 amide bonds. The Morgan fingerprint density at radius 1 is 1.57 bits per heavy atom. The van der Waals surface area contributed by atoms with E-state index >= 15 is 0 Å². The van der Waals surface area contributed by atoms with Crippen molar-refractivity contribution in [3.05, 3.63) is 0 Å². The molecular formula is CHAgNO3S. The van der Waals surface area contributed by atoms with Gasteiger partial charge < -0.3 is 0 Å². The number of nitriles is 1. The van der Waals surface area contributed by atoms with Crippen LogP contribution in [0.15, 0.2) is 0 Å². The van der Waals surface area contributed by atoms with Crippen LogP contribution in [-0.4, -0.2) is 13.0 Å². The molecule has 0 aliphatic heterocycles. The largest absolute Gasteiger partial charge is 0.360 e. The first-order chi connectivity index (χ1) is 2.56. The molecule has 0 fully saturated rings. The third kappa shape index (κ3) is 10.7. The minimum atomic E-state index is -4.36. The summed E-state index contributed by atoms with van der Waals surface area (Å²) in [4.78, 5) is 0. The van der Waals surface area contributed by atoms with E-state index in [0.717, 1.165) is 0 Å². The molecule has 0 atom stereocenters. The van der Waals surface area contributed by atoms with Gasteiger partial charge in [-0.2, -0.15) is 13.7 Å². The zero-order valence-electron chi connectivity index (χ0n) is 2.92. The van der Waals surface area contributed by atoms with Gasteiger partial charge in [0, 0.05) is 22.4 Å². The second-order valence-electron chi connectivity index (χ2n) is 0.566. The van der Waals surface area contributed by atoms with Crippen LogP contribution >= 0.6 is 0 Å². The van der Waals surface area contributed by atoms with E-state index < -0.39 is 10.1 Å². The van der Waals surface area contributed by atoms with Gasteiger partial charge in [0.15, 0.2) is 0 Å². The van der Waals surface area contributed by atoms with Crippen LogP contribution in [0.5, 0.6) is 0 Å². The Labute approximate surface area is 56.4 Å². The summed E-state index contributed by atoms with van der Waals surface area (Å²) in [5.41, 5.74) is 0. The molecule has 0 aromatic heterocycles. The Morgan fingerprint density at radius 2 is 1.71 bits per heavy atom. The van der Waals surface area contributed by atoms with Crippen molar-refractivity contribution in [1.82, 2.24) is 0 Å². The average Bonchev–Trinajstić information content (AvgIpc) is 1.35. The van der Waals surface area contributed by atoms with Crippen LogP contribution in [0.2, 0.25) is 0 Å². The fourth-order valence-electron chi connectivity index (χ4n) is 0. The molecule has 0 spiro atoms. The summed E-state index contributed by atoms with van der Waals surface area (Å²) in [6.45, 7) is 0. The summed E-state index contributed by atoms with van der Waals surface area (Å²) in [6, 6.07) is 0. The molecule has 0 aromatic carbocycles. The van der Waals surface area contributed by atoms with E-state index in [0.29, 0.717) is 5.40 Å². The van der Waals surface area contributed by atoms with E-state index in [9.17, 15) is 8.42 Å². The van der Waals surface area contributed by atoms with Crippen molar-refractivity contribution in [1.29, 1.82) is 5.26 Å². The van der Waals surface area contributed by atoms with Gasteiger partial charge in [-0.05, 0) is 0 Å². The van der Waals surface area contributed by atoms with Gasteiger partial charge in [0.1, 0.15) is 0 Å². The van der Waals surface area contributed by atoms with Gasteiger partial charge in [-0.3, -0.25) is 4.55 Å². The van der Waals surface area contributed by atoms with Gasteiger partial charge in [0.2, 0.25) is 5.40 Å². The minimum absolute atomic E-state index is 0. The Kier molecular flexibility index (Phi) is 4.63. The van der Waals surface area contributed by atoms with E-state index in [1.807, 2.05) is 0 Å². The van der Waals surface area contributed by atoms with Crippen molar-refractivity contribution >= 4 is 10.1 Å². The number of hydrogen-bond acceptors (Lipinski definition) is 3. The van der Waals surface area contributed by atoms with Gasteiger partial charge in [0.25, 0.3) is 0 Å². The number of nitrogens with zero attached hydrogens (tertiary/aromatic N) is 1. The molecule has 0 rings (SSSR count). The van der Waals surface area contributed by atoms with Crippen LogP contribution in [-0.2, 0) is 32.5 Å².